The van der Waals surface area contributed by atoms with Gasteiger partial charge in [0.2, 0.25) is 10.0 Å². The smallest absolute Gasteiger partial charge is 0.211 e. The Morgan fingerprint density at radius 1 is 1.38 bits per heavy atom. The molecule has 0 aromatic heterocycles. The normalized spacial score (nSPS) is 12.0. The largest absolute Gasteiger partial charge is 0.299 e. The van der Waals surface area contributed by atoms with E-state index in [1.54, 1.807) is 0 Å². The first-order chi connectivity index (χ1) is 5.88. The highest BCUT2D eigenvalue weighted by Crippen LogP contribution is 2.01. The highest BCUT2D eigenvalue weighted by atomic mass is 32.2. The maximum absolute atomic E-state index is 11.1. The van der Waals surface area contributed by atoms with Crippen LogP contribution in [0.15, 0.2) is 0 Å². The highest BCUT2D eigenvalue weighted by Gasteiger charge is 2.16. The fraction of sp³-hybridized carbons (Fsp3) is 0.875. The third kappa shape index (κ3) is 5.76. The molecule has 0 saturated heterocycles. The Hall–Kier alpha value is -0.420. The van der Waals surface area contributed by atoms with E-state index in [1.807, 2.05) is 6.92 Å². The van der Waals surface area contributed by atoms with Gasteiger partial charge in [-0.1, -0.05) is 13.3 Å². The summed E-state index contributed by atoms with van der Waals surface area (Å²) in [6.45, 7) is 3.81. The van der Waals surface area contributed by atoms with Gasteiger partial charge in [-0.3, -0.25) is 4.79 Å². The summed E-state index contributed by atoms with van der Waals surface area (Å²) in [6.07, 6.45) is 2.84. The van der Waals surface area contributed by atoms with Gasteiger partial charge in [0.05, 0.1) is 12.8 Å². The summed E-state index contributed by atoms with van der Waals surface area (Å²) in [5.74, 6) is -0.124. The maximum Gasteiger partial charge on any atom is 0.211 e. The highest BCUT2D eigenvalue weighted by molar-refractivity contribution is 7.88. The minimum Gasteiger partial charge on any atom is -0.299 e. The van der Waals surface area contributed by atoms with Crippen molar-refractivity contribution >= 4 is 15.8 Å². The van der Waals surface area contributed by atoms with E-state index in [4.69, 9.17) is 0 Å². The number of ketones is 1. The number of nitrogens with zero attached hydrogens (tertiary/aromatic N) is 1. The molecule has 0 aliphatic heterocycles. The maximum atomic E-state index is 11.1. The van der Waals surface area contributed by atoms with E-state index in [2.05, 4.69) is 0 Å². The van der Waals surface area contributed by atoms with Crippen molar-refractivity contribution in [3.05, 3.63) is 0 Å². The van der Waals surface area contributed by atoms with Gasteiger partial charge in [-0.25, -0.2) is 8.42 Å². The molecule has 0 aliphatic rings. The van der Waals surface area contributed by atoms with Crippen LogP contribution in [0.4, 0.5) is 0 Å². The number of rotatable bonds is 6. The Morgan fingerprint density at radius 2 is 1.92 bits per heavy atom. The molecular weight excluding hydrogens is 190 g/mol. The molecule has 0 aliphatic carbocycles. The molecular formula is C8H17NO3S. The van der Waals surface area contributed by atoms with Crippen LogP contribution in [0.1, 0.15) is 26.7 Å². The molecule has 0 spiro atoms. The first-order valence-corrected chi connectivity index (χ1v) is 6.17. The van der Waals surface area contributed by atoms with Gasteiger partial charge in [-0.05, 0) is 13.3 Å². The number of Topliss-reactive ketones (excluding diaryl/α,β-unsaturated/α-hetero) is 1. The van der Waals surface area contributed by atoms with Gasteiger partial charge < -0.3 is 0 Å². The Balaban J connectivity index is 4.29. The van der Waals surface area contributed by atoms with Gasteiger partial charge in [-0.15, -0.1) is 0 Å². The summed E-state index contributed by atoms with van der Waals surface area (Å²) in [7, 11) is -3.22. The van der Waals surface area contributed by atoms with Gasteiger partial charge in [0.15, 0.2) is 0 Å². The molecule has 0 N–H and O–H groups in total. The average Bonchev–Trinajstić information content (AvgIpc) is 1.95. The molecule has 0 unspecified atom stereocenters. The lowest BCUT2D eigenvalue weighted by atomic mass is 10.3. The molecule has 0 amide bonds. The monoisotopic (exact) mass is 207 g/mol. The SMILES string of the molecule is CCCCN(CC(C)=O)S(C)(=O)=O. The molecule has 0 bridgehead atoms. The Kier molecular flexibility index (Phi) is 5.17. The van der Waals surface area contributed by atoms with Crippen LogP contribution in [0.5, 0.6) is 0 Å². The zero-order chi connectivity index (χ0) is 10.5. The van der Waals surface area contributed by atoms with E-state index in [0.717, 1.165) is 19.1 Å². The topological polar surface area (TPSA) is 54.5 Å². The van der Waals surface area contributed by atoms with E-state index < -0.39 is 10.0 Å². The molecule has 5 heteroatoms. The van der Waals surface area contributed by atoms with Crippen LogP contribution in [0.25, 0.3) is 0 Å². The van der Waals surface area contributed by atoms with Crippen molar-refractivity contribution in [1.82, 2.24) is 4.31 Å². The lowest BCUT2D eigenvalue weighted by Crippen LogP contribution is -2.34. The van der Waals surface area contributed by atoms with Gasteiger partial charge in [0.25, 0.3) is 0 Å². The van der Waals surface area contributed by atoms with Crippen molar-refractivity contribution in [1.29, 1.82) is 0 Å². The lowest BCUT2D eigenvalue weighted by molar-refractivity contribution is -0.117. The fourth-order valence-corrected chi connectivity index (χ4v) is 1.82. The van der Waals surface area contributed by atoms with Crippen molar-refractivity contribution in [2.75, 3.05) is 19.3 Å². The average molecular weight is 207 g/mol. The van der Waals surface area contributed by atoms with E-state index in [-0.39, 0.29) is 12.3 Å². The van der Waals surface area contributed by atoms with Crippen LogP contribution in [0, 0.1) is 0 Å². The van der Waals surface area contributed by atoms with E-state index in [9.17, 15) is 13.2 Å². The first-order valence-electron chi connectivity index (χ1n) is 4.32. The number of unbranched alkanes of at least 4 members (excludes halogenated alkanes) is 1. The third-order valence-electron chi connectivity index (χ3n) is 1.63. The molecule has 0 rings (SSSR count). The Morgan fingerprint density at radius 3 is 2.23 bits per heavy atom. The van der Waals surface area contributed by atoms with Crippen molar-refractivity contribution in [3.63, 3.8) is 0 Å². The summed E-state index contributed by atoms with van der Waals surface area (Å²) in [5.41, 5.74) is 0. The molecule has 13 heavy (non-hydrogen) atoms. The fourth-order valence-electron chi connectivity index (χ4n) is 0.945. The third-order valence-corrected chi connectivity index (χ3v) is 2.88. The predicted molar refractivity (Wildman–Crippen MR) is 52.0 cm³/mol. The molecule has 0 heterocycles. The minimum atomic E-state index is -3.22. The summed E-state index contributed by atoms with van der Waals surface area (Å²) in [6, 6.07) is 0. The van der Waals surface area contributed by atoms with Gasteiger partial charge in [0.1, 0.15) is 5.78 Å². The second kappa shape index (κ2) is 5.34. The number of carbonyl (C=O) groups is 1. The summed E-state index contributed by atoms with van der Waals surface area (Å²) in [5, 5.41) is 0. The van der Waals surface area contributed by atoms with Crippen LogP contribution in [-0.2, 0) is 14.8 Å². The quantitative estimate of drug-likeness (QED) is 0.642. The van der Waals surface area contributed by atoms with Gasteiger partial charge >= 0.3 is 0 Å². The molecule has 0 aromatic rings. The van der Waals surface area contributed by atoms with Crippen molar-refractivity contribution in [2.45, 2.75) is 26.7 Å². The summed E-state index contributed by atoms with van der Waals surface area (Å²) < 4.78 is 23.5. The zero-order valence-electron chi connectivity index (χ0n) is 8.41. The summed E-state index contributed by atoms with van der Waals surface area (Å²) >= 11 is 0. The lowest BCUT2D eigenvalue weighted by Gasteiger charge is -2.17. The number of sulfonamides is 1. The number of hydrogen-bond donors (Lipinski definition) is 0. The molecule has 78 valence electrons. The second-order valence-corrected chi connectivity index (χ2v) is 5.13. The molecule has 0 fully saturated rings. The standard InChI is InChI=1S/C8H17NO3S/c1-4-5-6-9(7-8(2)10)13(3,11)12/h4-7H2,1-3H3. The van der Waals surface area contributed by atoms with E-state index >= 15 is 0 Å². The zero-order valence-corrected chi connectivity index (χ0v) is 9.23. The van der Waals surface area contributed by atoms with Crippen LogP contribution in [0.2, 0.25) is 0 Å². The van der Waals surface area contributed by atoms with Gasteiger partial charge in [0, 0.05) is 6.54 Å². The molecule has 4 nitrogen and oxygen atoms in total. The van der Waals surface area contributed by atoms with E-state index in [1.165, 1.54) is 11.2 Å². The number of hydrogen-bond acceptors (Lipinski definition) is 3. The predicted octanol–water partition coefficient (Wildman–Crippen LogP) is 0.637. The van der Waals surface area contributed by atoms with E-state index in [0.29, 0.717) is 6.54 Å². The molecule has 0 radical (unpaired) electrons. The van der Waals surface area contributed by atoms with Crippen LogP contribution >= 0.6 is 0 Å². The first kappa shape index (κ1) is 12.6. The van der Waals surface area contributed by atoms with Crippen LogP contribution < -0.4 is 0 Å². The van der Waals surface area contributed by atoms with Crippen molar-refractivity contribution in [3.8, 4) is 0 Å². The Labute approximate surface area is 80.0 Å². The van der Waals surface area contributed by atoms with Crippen molar-refractivity contribution < 1.29 is 13.2 Å². The molecule has 0 aromatic carbocycles. The minimum absolute atomic E-state index is 0.00116. The number of carbonyl (C=O) groups excluding carboxylic acids is 1. The molecule has 0 atom stereocenters. The Bertz CT molecular complexity index is 259. The van der Waals surface area contributed by atoms with Crippen molar-refractivity contribution in [2.24, 2.45) is 0 Å². The van der Waals surface area contributed by atoms with Crippen LogP contribution in [-0.4, -0.2) is 37.9 Å². The van der Waals surface area contributed by atoms with Crippen LogP contribution in [0.3, 0.4) is 0 Å². The van der Waals surface area contributed by atoms with Gasteiger partial charge in [-0.2, -0.15) is 4.31 Å². The molecule has 0 saturated carbocycles. The summed E-state index contributed by atoms with van der Waals surface area (Å²) in [4.78, 5) is 10.8. The second-order valence-electron chi connectivity index (χ2n) is 3.15.